The van der Waals surface area contributed by atoms with Gasteiger partial charge in [-0.1, -0.05) is 25.7 Å². The molecule has 0 aromatic carbocycles. The van der Waals surface area contributed by atoms with Crippen LogP contribution in [0.5, 0.6) is 0 Å². The van der Waals surface area contributed by atoms with Gasteiger partial charge >= 0.3 is 0 Å². The Balaban J connectivity index is 1.60. The summed E-state index contributed by atoms with van der Waals surface area (Å²) < 4.78 is 6.26. The smallest absolute Gasteiger partial charge is 0.0755 e. The molecular weight excluding hydrogens is 258 g/mol. The van der Waals surface area contributed by atoms with Gasteiger partial charge in [-0.15, -0.1) is 0 Å². The lowest BCUT2D eigenvalue weighted by Gasteiger charge is -2.37. The molecule has 1 N–H and O–H groups in total. The van der Waals surface area contributed by atoms with Crippen molar-refractivity contribution in [3.63, 3.8) is 0 Å². The highest BCUT2D eigenvalue weighted by molar-refractivity contribution is 4.94. The summed E-state index contributed by atoms with van der Waals surface area (Å²) in [6.45, 7) is 3.04. The molecule has 0 aliphatic heterocycles. The van der Waals surface area contributed by atoms with Crippen molar-refractivity contribution >= 4 is 0 Å². The van der Waals surface area contributed by atoms with Crippen LogP contribution >= 0.6 is 0 Å². The van der Waals surface area contributed by atoms with Gasteiger partial charge in [-0.25, -0.2) is 0 Å². The monoisotopic (exact) mass is 293 g/mol. The second kappa shape index (κ2) is 7.46. The van der Waals surface area contributed by atoms with E-state index in [0.717, 1.165) is 30.3 Å². The maximum Gasteiger partial charge on any atom is 0.0755 e. The summed E-state index contributed by atoms with van der Waals surface area (Å²) in [7, 11) is 2.16. The molecule has 5 unspecified atom stereocenters. The van der Waals surface area contributed by atoms with Crippen molar-refractivity contribution in [1.29, 1.82) is 0 Å². The number of hydrogen-bond donors (Lipinski definition) is 1. The summed E-state index contributed by atoms with van der Waals surface area (Å²) in [5.74, 6) is 3.89. The summed E-state index contributed by atoms with van der Waals surface area (Å²) >= 11 is 0. The fourth-order valence-corrected chi connectivity index (χ4v) is 5.64. The van der Waals surface area contributed by atoms with E-state index in [0.29, 0.717) is 12.1 Å². The number of fused-ring (bicyclic) bond motifs is 2. The van der Waals surface area contributed by atoms with E-state index in [2.05, 4.69) is 19.3 Å². The first-order valence-electron chi connectivity index (χ1n) is 9.60. The largest absolute Gasteiger partial charge is 0.377 e. The third kappa shape index (κ3) is 3.64. The van der Waals surface area contributed by atoms with Crippen molar-refractivity contribution in [2.45, 2.75) is 83.3 Å². The van der Waals surface area contributed by atoms with Gasteiger partial charge in [-0.3, -0.25) is 0 Å². The van der Waals surface area contributed by atoms with Crippen molar-refractivity contribution in [2.75, 3.05) is 13.7 Å². The van der Waals surface area contributed by atoms with Gasteiger partial charge in [-0.05, 0) is 76.2 Å². The maximum atomic E-state index is 6.26. The van der Waals surface area contributed by atoms with E-state index in [1.807, 2.05) is 0 Å². The normalized spacial score (nSPS) is 36.0. The van der Waals surface area contributed by atoms with Gasteiger partial charge in [0.05, 0.1) is 6.10 Å². The minimum Gasteiger partial charge on any atom is -0.377 e. The lowest BCUT2D eigenvalue weighted by molar-refractivity contribution is -0.0228. The number of ether oxygens (including phenoxy) is 1. The zero-order valence-electron chi connectivity index (χ0n) is 14.2. The molecule has 0 heterocycles. The lowest BCUT2D eigenvalue weighted by atomic mass is 9.77. The molecule has 2 nitrogen and oxygen atoms in total. The Hall–Kier alpha value is -0.0800. The van der Waals surface area contributed by atoms with Gasteiger partial charge in [-0.2, -0.15) is 0 Å². The van der Waals surface area contributed by atoms with Crippen molar-refractivity contribution < 1.29 is 4.74 Å². The molecular formula is C19H35NO. The van der Waals surface area contributed by atoms with Crippen LogP contribution in [-0.4, -0.2) is 25.8 Å². The van der Waals surface area contributed by atoms with Gasteiger partial charge in [0, 0.05) is 12.6 Å². The van der Waals surface area contributed by atoms with E-state index in [1.165, 1.54) is 64.2 Å². The van der Waals surface area contributed by atoms with Gasteiger partial charge in [0.2, 0.25) is 0 Å². The van der Waals surface area contributed by atoms with Crippen molar-refractivity contribution in [3.05, 3.63) is 0 Å². The van der Waals surface area contributed by atoms with Crippen LogP contribution in [0.15, 0.2) is 0 Å². The van der Waals surface area contributed by atoms with E-state index < -0.39 is 0 Å². The van der Waals surface area contributed by atoms with Crippen LogP contribution in [0.1, 0.15) is 71.1 Å². The first-order valence-corrected chi connectivity index (χ1v) is 9.60. The molecule has 3 saturated carbocycles. The molecule has 0 radical (unpaired) electrons. The van der Waals surface area contributed by atoms with Gasteiger partial charge in [0.25, 0.3) is 0 Å². The summed E-state index contributed by atoms with van der Waals surface area (Å²) in [6, 6.07) is 0.581. The molecule has 5 atom stereocenters. The molecule has 2 bridgehead atoms. The van der Waals surface area contributed by atoms with Crippen molar-refractivity contribution in [2.24, 2.45) is 23.7 Å². The topological polar surface area (TPSA) is 21.3 Å². The first-order chi connectivity index (χ1) is 10.3. The van der Waals surface area contributed by atoms with Crippen molar-refractivity contribution in [3.8, 4) is 0 Å². The van der Waals surface area contributed by atoms with E-state index in [9.17, 15) is 0 Å². The van der Waals surface area contributed by atoms with Crippen LogP contribution in [0.3, 0.4) is 0 Å². The molecule has 21 heavy (non-hydrogen) atoms. The van der Waals surface area contributed by atoms with Crippen LogP contribution in [0, 0.1) is 23.7 Å². The Kier molecular flexibility index (Phi) is 5.61. The first kappa shape index (κ1) is 15.8. The van der Waals surface area contributed by atoms with E-state index >= 15 is 0 Å². The molecule has 0 aromatic rings. The predicted octanol–water partition coefficient (Wildman–Crippen LogP) is 4.39. The highest BCUT2D eigenvalue weighted by atomic mass is 16.5. The Morgan fingerprint density at radius 1 is 1.05 bits per heavy atom. The number of rotatable bonds is 7. The molecule has 0 spiro atoms. The minimum absolute atomic E-state index is 0.458. The second-order valence-electron chi connectivity index (χ2n) is 7.88. The molecule has 3 fully saturated rings. The van der Waals surface area contributed by atoms with E-state index in [1.54, 1.807) is 0 Å². The van der Waals surface area contributed by atoms with Crippen LogP contribution in [0.2, 0.25) is 0 Å². The number of likely N-dealkylation sites (N-methyl/N-ethyl adjacent to an activating group) is 1. The van der Waals surface area contributed by atoms with E-state index in [-0.39, 0.29) is 0 Å². The standard InChI is InChI=1S/C19H35NO/c1-3-21-19(15-7-5-4-6-8-15)18(20-2)13-17-12-14-9-10-16(17)11-14/h14-20H,3-13H2,1-2H3. The lowest BCUT2D eigenvalue weighted by Crippen LogP contribution is -2.46. The minimum atomic E-state index is 0.458. The highest BCUT2D eigenvalue weighted by Gasteiger charge is 2.41. The molecule has 3 aliphatic carbocycles. The number of nitrogens with one attached hydrogen (secondary N) is 1. The van der Waals surface area contributed by atoms with Gasteiger partial charge in [0.1, 0.15) is 0 Å². The quantitative estimate of drug-likeness (QED) is 0.752. The van der Waals surface area contributed by atoms with Gasteiger partial charge < -0.3 is 10.1 Å². The highest BCUT2D eigenvalue weighted by Crippen LogP contribution is 2.50. The molecule has 0 aromatic heterocycles. The molecule has 3 aliphatic rings. The van der Waals surface area contributed by atoms with Crippen LogP contribution in [0.4, 0.5) is 0 Å². The zero-order valence-corrected chi connectivity index (χ0v) is 14.2. The summed E-state index contributed by atoms with van der Waals surface area (Å²) in [6.07, 6.45) is 14.9. The molecule has 122 valence electrons. The molecule has 0 amide bonds. The second-order valence-corrected chi connectivity index (χ2v) is 7.88. The van der Waals surface area contributed by atoms with E-state index in [4.69, 9.17) is 4.74 Å². The summed E-state index contributed by atoms with van der Waals surface area (Å²) in [5.41, 5.74) is 0. The third-order valence-corrected chi connectivity index (χ3v) is 6.68. The zero-order chi connectivity index (χ0) is 14.7. The average Bonchev–Trinajstić information content (AvgIpc) is 3.14. The fourth-order valence-electron chi connectivity index (χ4n) is 5.64. The number of hydrogen-bond acceptors (Lipinski definition) is 2. The Morgan fingerprint density at radius 2 is 1.86 bits per heavy atom. The summed E-state index contributed by atoms with van der Waals surface area (Å²) in [5, 5.41) is 3.65. The average molecular weight is 293 g/mol. The summed E-state index contributed by atoms with van der Waals surface area (Å²) in [4.78, 5) is 0. The molecule has 3 rings (SSSR count). The van der Waals surface area contributed by atoms with Crippen LogP contribution in [-0.2, 0) is 4.74 Å². The Bertz CT molecular complexity index is 313. The van der Waals surface area contributed by atoms with Crippen molar-refractivity contribution in [1.82, 2.24) is 5.32 Å². The molecule has 2 heteroatoms. The third-order valence-electron chi connectivity index (χ3n) is 6.68. The van der Waals surface area contributed by atoms with Gasteiger partial charge in [0.15, 0.2) is 0 Å². The van der Waals surface area contributed by atoms with Crippen LogP contribution < -0.4 is 5.32 Å². The Morgan fingerprint density at radius 3 is 2.43 bits per heavy atom. The maximum absolute atomic E-state index is 6.26. The molecule has 0 saturated heterocycles. The van der Waals surface area contributed by atoms with Crippen LogP contribution in [0.25, 0.3) is 0 Å². The SMILES string of the molecule is CCOC(C1CCCCC1)C(CC1CC2CCC1C2)NC. The fraction of sp³-hybridized carbons (Fsp3) is 1.00. The Labute approximate surface area is 131 Å². The predicted molar refractivity (Wildman–Crippen MR) is 88.4 cm³/mol.